The van der Waals surface area contributed by atoms with Gasteiger partial charge in [0.1, 0.15) is 0 Å². The molecule has 0 fully saturated rings. The number of hydrogen-bond acceptors (Lipinski definition) is 3. The van der Waals surface area contributed by atoms with Crippen molar-refractivity contribution in [3.8, 4) is 0 Å². The third-order valence-corrected chi connectivity index (χ3v) is 3.76. The van der Waals surface area contributed by atoms with E-state index in [1.807, 2.05) is 55.6 Å². The molecule has 0 radical (unpaired) electrons. The molecule has 0 amide bonds. The number of aliphatic hydroxyl groups is 2. The van der Waals surface area contributed by atoms with E-state index in [1.54, 1.807) is 0 Å². The molecule has 21 heavy (non-hydrogen) atoms. The van der Waals surface area contributed by atoms with Crippen LogP contribution in [0.25, 0.3) is 0 Å². The highest BCUT2D eigenvalue weighted by Gasteiger charge is 2.19. The molecule has 0 saturated heterocycles. The maximum Gasteiger partial charge on any atom is 0.0917 e. The molecule has 0 bridgehead atoms. The standard InChI is InChI=1S/C18H23NO2/c1-19(14-18(21)16-10-6-3-7-11-16)17(12-13-20)15-8-4-2-5-9-15/h2-11,17-18,20-21H,12-14H2,1H3. The summed E-state index contributed by atoms with van der Waals surface area (Å²) in [7, 11) is 1.99. The molecule has 0 aliphatic rings. The summed E-state index contributed by atoms with van der Waals surface area (Å²) in [6, 6.07) is 19.9. The molecule has 2 unspecified atom stereocenters. The van der Waals surface area contributed by atoms with Crippen molar-refractivity contribution < 1.29 is 10.2 Å². The van der Waals surface area contributed by atoms with Crippen molar-refractivity contribution in [2.75, 3.05) is 20.2 Å². The van der Waals surface area contributed by atoms with Gasteiger partial charge in [0.2, 0.25) is 0 Å². The fraction of sp³-hybridized carbons (Fsp3) is 0.333. The Morgan fingerprint density at radius 2 is 1.43 bits per heavy atom. The quantitative estimate of drug-likeness (QED) is 0.822. The van der Waals surface area contributed by atoms with Gasteiger partial charge in [-0.15, -0.1) is 0 Å². The van der Waals surface area contributed by atoms with Crippen LogP contribution in [0.2, 0.25) is 0 Å². The van der Waals surface area contributed by atoms with Crippen molar-refractivity contribution in [3.63, 3.8) is 0 Å². The lowest BCUT2D eigenvalue weighted by atomic mass is 10.0. The first-order valence-electron chi connectivity index (χ1n) is 7.31. The van der Waals surface area contributed by atoms with Gasteiger partial charge >= 0.3 is 0 Å². The second kappa shape index (κ2) is 7.93. The Kier molecular flexibility index (Phi) is 5.93. The number of benzene rings is 2. The molecule has 112 valence electrons. The predicted octanol–water partition coefficient (Wildman–Crippen LogP) is 2.78. The van der Waals surface area contributed by atoms with Crippen LogP contribution in [0.1, 0.15) is 29.7 Å². The molecule has 0 spiro atoms. The Balaban J connectivity index is 2.07. The van der Waals surface area contributed by atoms with Crippen LogP contribution in [-0.2, 0) is 0 Å². The Bertz CT molecular complexity index is 515. The summed E-state index contributed by atoms with van der Waals surface area (Å²) in [5.74, 6) is 0. The minimum Gasteiger partial charge on any atom is -0.396 e. The maximum atomic E-state index is 10.4. The lowest BCUT2D eigenvalue weighted by Crippen LogP contribution is -2.30. The molecule has 0 aliphatic heterocycles. The van der Waals surface area contributed by atoms with E-state index in [-0.39, 0.29) is 12.6 Å². The van der Waals surface area contributed by atoms with Crippen LogP contribution in [0.3, 0.4) is 0 Å². The van der Waals surface area contributed by atoms with Gasteiger partial charge in [-0.3, -0.25) is 4.90 Å². The summed E-state index contributed by atoms with van der Waals surface area (Å²) in [5, 5.41) is 19.7. The van der Waals surface area contributed by atoms with E-state index in [0.717, 1.165) is 11.1 Å². The van der Waals surface area contributed by atoms with Crippen molar-refractivity contribution in [3.05, 3.63) is 71.8 Å². The van der Waals surface area contributed by atoms with E-state index in [0.29, 0.717) is 13.0 Å². The summed E-state index contributed by atoms with van der Waals surface area (Å²) in [4.78, 5) is 2.10. The second-order valence-electron chi connectivity index (χ2n) is 5.30. The molecule has 0 saturated carbocycles. The molecule has 2 atom stereocenters. The number of rotatable bonds is 7. The summed E-state index contributed by atoms with van der Waals surface area (Å²) < 4.78 is 0. The lowest BCUT2D eigenvalue weighted by Gasteiger charge is -2.30. The topological polar surface area (TPSA) is 43.7 Å². The number of likely N-dealkylation sites (N-methyl/N-ethyl adjacent to an activating group) is 1. The van der Waals surface area contributed by atoms with Crippen molar-refractivity contribution in [1.82, 2.24) is 4.90 Å². The van der Waals surface area contributed by atoms with Gasteiger partial charge in [-0.2, -0.15) is 0 Å². The molecule has 3 heteroatoms. The monoisotopic (exact) mass is 285 g/mol. The van der Waals surface area contributed by atoms with Crippen LogP contribution < -0.4 is 0 Å². The third-order valence-electron chi connectivity index (χ3n) is 3.76. The molecule has 0 aliphatic carbocycles. The largest absolute Gasteiger partial charge is 0.396 e. The number of hydrogen-bond donors (Lipinski definition) is 2. The van der Waals surface area contributed by atoms with Crippen LogP contribution in [0.5, 0.6) is 0 Å². The molecule has 2 rings (SSSR count). The van der Waals surface area contributed by atoms with Crippen LogP contribution in [-0.4, -0.2) is 35.3 Å². The number of aliphatic hydroxyl groups excluding tert-OH is 2. The van der Waals surface area contributed by atoms with Crippen LogP contribution >= 0.6 is 0 Å². The van der Waals surface area contributed by atoms with E-state index in [4.69, 9.17) is 0 Å². The molecule has 2 N–H and O–H groups in total. The van der Waals surface area contributed by atoms with Crippen molar-refractivity contribution >= 4 is 0 Å². The fourth-order valence-corrected chi connectivity index (χ4v) is 2.62. The summed E-state index contributed by atoms with van der Waals surface area (Å²) in [6.07, 6.45) is 0.128. The van der Waals surface area contributed by atoms with E-state index in [1.165, 1.54) is 0 Å². The fourth-order valence-electron chi connectivity index (χ4n) is 2.62. The summed E-state index contributed by atoms with van der Waals surface area (Å²) in [6.45, 7) is 0.662. The Morgan fingerprint density at radius 3 is 1.95 bits per heavy atom. The van der Waals surface area contributed by atoms with Crippen LogP contribution in [0.4, 0.5) is 0 Å². The van der Waals surface area contributed by atoms with E-state index in [2.05, 4.69) is 17.0 Å². The first kappa shape index (κ1) is 15.7. The Hall–Kier alpha value is -1.68. The smallest absolute Gasteiger partial charge is 0.0917 e. The first-order chi connectivity index (χ1) is 10.2. The Labute approximate surface area is 126 Å². The van der Waals surface area contributed by atoms with Gasteiger partial charge in [-0.25, -0.2) is 0 Å². The van der Waals surface area contributed by atoms with Gasteiger partial charge in [-0.05, 0) is 24.6 Å². The minimum atomic E-state index is -0.527. The van der Waals surface area contributed by atoms with E-state index >= 15 is 0 Å². The molecule has 3 nitrogen and oxygen atoms in total. The average Bonchev–Trinajstić information content (AvgIpc) is 2.54. The first-order valence-corrected chi connectivity index (χ1v) is 7.31. The van der Waals surface area contributed by atoms with Crippen molar-refractivity contribution in [1.29, 1.82) is 0 Å². The lowest BCUT2D eigenvalue weighted by molar-refractivity contribution is 0.0938. The zero-order valence-electron chi connectivity index (χ0n) is 12.4. The Morgan fingerprint density at radius 1 is 0.905 bits per heavy atom. The van der Waals surface area contributed by atoms with Crippen molar-refractivity contribution in [2.24, 2.45) is 0 Å². The minimum absolute atomic E-state index is 0.106. The normalized spacial score (nSPS) is 14.1. The maximum absolute atomic E-state index is 10.4. The predicted molar refractivity (Wildman–Crippen MR) is 84.9 cm³/mol. The molecule has 0 heterocycles. The summed E-state index contributed by atoms with van der Waals surface area (Å²) in [5.41, 5.74) is 2.08. The highest BCUT2D eigenvalue weighted by molar-refractivity contribution is 5.20. The highest BCUT2D eigenvalue weighted by atomic mass is 16.3. The van der Waals surface area contributed by atoms with E-state index in [9.17, 15) is 10.2 Å². The average molecular weight is 285 g/mol. The van der Waals surface area contributed by atoms with Gasteiger partial charge in [0.25, 0.3) is 0 Å². The third kappa shape index (κ3) is 4.39. The highest BCUT2D eigenvalue weighted by Crippen LogP contribution is 2.25. The van der Waals surface area contributed by atoms with Gasteiger partial charge < -0.3 is 10.2 Å². The SMILES string of the molecule is CN(CC(O)c1ccccc1)C(CCO)c1ccccc1. The van der Waals surface area contributed by atoms with Gasteiger partial charge in [0, 0.05) is 19.2 Å². The molecular weight excluding hydrogens is 262 g/mol. The molecule has 2 aromatic carbocycles. The zero-order chi connectivity index (χ0) is 15.1. The molecule has 0 aromatic heterocycles. The van der Waals surface area contributed by atoms with E-state index < -0.39 is 6.10 Å². The van der Waals surface area contributed by atoms with Gasteiger partial charge in [0.05, 0.1) is 6.10 Å². The molecular formula is C18H23NO2. The van der Waals surface area contributed by atoms with Crippen molar-refractivity contribution in [2.45, 2.75) is 18.6 Å². The number of nitrogens with zero attached hydrogens (tertiary/aromatic N) is 1. The summed E-state index contributed by atoms with van der Waals surface area (Å²) >= 11 is 0. The molecule has 2 aromatic rings. The van der Waals surface area contributed by atoms with Crippen LogP contribution in [0.15, 0.2) is 60.7 Å². The van der Waals surface area contributed by atoms with Crippen LogP contribution in [0, 0.1) is 0 Å². The van der Waals surface area contributed by atoms with Gasteiger partial charge in [-0.1, -0.05) is 60.7 Å². The zero-order valence-corrected chi connectivity index (χ0v) is 12.4. The van der Waals surface area contributed by atoms with Gasteiger partial charge in [0.15, 0.2) is 0 Å². The second-order valence-corrected chi connectivity index (χ2v) is 5.30.